The van der Waals surface area contributed by atoms with Crippen molar-refractivity contribution in [3.63, 3.8) is 0 Å². The molecule has 0 radical (unpaired) electrons. The Bertz CT molecular complexity index is 218. The highest BCUT2D eigenvalue weighted by Crippen LogP contribution is 2.40. The molecule has 0 spiro atoms. The van der Waals surface area contributed by atoms with Gasteiger partial charge in [-0.15, -0.1) is 0 Å². The number of hydrogen-bond donors (Lipinski definition) is 1. The molecule has 15 heavy (non-hydrogen) atoms. The van der Waals surface area contributed by atoms with E-state index in [1.54, 1.807) is 0 Å². The van der Waals surface area contributed by atoms with E-state index in [1.165, 1.54) is 12.8 Å². The maximum atomic E-state index is 12.5. The van der Waals surface area contributed by atoms with Gasteiger partial charge in [-0.1, -0.05) is 0 Å². The molecular formula is C12H23FN2. The van der Waals surface area contributed by atoms with Crippen LogP contribution in [0.15, 0.2) is 0 Å². The van der Waals surface area contributed by atoms with Gasteiger partial charge in [0.25, 0.3) is 0 Å². The minimum atomic E-state index is -0.217. The standard InChI is InChI=1S/C12H23FN2/c1-10-5-7-14-12(2,11-3-4-11)9-15(10)8-6-13/h10-11,14H,3-9H2,1-2H3. The van der Waals surface area contributed by atoms with Gasteiger partial charge in [-0.25, -0.2) is 4.39 Å². The molecule has 2 rings (SSSR count). The number of alkyl halides is 1. The molecule has 2 aliphatic rings. The second-order valence-electron chi connectivity index (χ2n) is 5.42. The Hall–Kier alpha value is -0.150. The average Bonchev–Trinajstić information content (AvgIpc) is 2.98. The van der Waals surface area contributed by atoms with E-state index in [1.807, 2.05) is 0 Å². The molecular weight excluding hydrogens is 191 g/mol. The SMILES string of the molecule is CC1CCNC(C)(C2CC2)CN1CCF. The van der Waals surface area contributed by atoms with Crippen molar-refractivity contribution in [3.8, 4) is 0 Å². The molecule has 2 unspecified atom stereocenters. The van der Waals surface area contributed by atoms with Gasteiger partial charge in [-0.3, -0.25) is 4.90 Å². The van der Waals surface area contributed by atoms with E-state index in [2.05, 4.69) is 24.1 Å². The lowest BCUT2D eigenvalue weighted by molar-refractivity contribution is 0.152. The van der Waals surface area contributed by atoms with E-state index in [9.17, 15) is 4.39 Å². The highest BCUT2D eigenvalue weighted by atomic mass is 19.1. The van der Waals surface area contributed by atoms with Crippen LogP contribution >= 0.6 is 0 Å². The molecule has 3 heteroatoms. The predicted octanol–water partition coefficient (Wildman–Crippen LogP) is 1.81. The van der Waals surface area contributed by atoms with Crippen molar-refractivity contribution in [2.45, 2.75) is 44.7 Å². The summed E-state index contributed by atoms with van der Waals surface area (Å²) in [5.41, 5.74) is 0.236. The van der Waals surface area contributed by atoms with E-state index in [-0.39, 0.29) is 12.2 Å². The van der Waals surface area contributed by atoms with Crippen LogP contribution in [0.3, 0.4) is 0 Å². The van der Waals surface area contributed by atoms with Crippen LogP contribution in [0, 0.1) is 5.92 Å². The van der Waals surface area contributed by atoms with Crippen molar-refractivity contribution in [1.29, 1.82) is 0 Å². The van der Waals surface area contributed by atoms with Crippen molar-refractivity contribution >= 4 is 0 Å². The molecule has 1 aliphatic carbocycles. The third-order valence-electron chi connectivity index (χ3n) is 4.10. The minimum Gasteiger partial charge on any atom is -0.310 e. The zero-order valence-electron chi connectivity index (χ0n) is 9.93. The third-order valence-corrected chi connectivity index (χ3v) is 4.10. The van der Waals surface area contributed by atoms with Gasteiger partial charge < -0.3 is 5.32 Å². The fraction of sp³-hybridized carbons (Fsp3) is 1.00. The van der Waals surface area contributed by atoms with Crippen molar-refractivity contribution in [3.05, 3.63) is 0 Å². The summed E-state index contributed by atoms with van der Waals surface area (Å²) in [4.78, 5) is 2.32. The molecule has 2 atom stereocenters. The van der Waals surface area contributed by atoms with Crippen LogP contribution in [-0.2, 0) is 0 Å². The summed E-state index contributed by atoms with van der Waals surface area (Å²) >= 11 is 0. The third kappa shape index (κ3) is 2.51. The summed E-state index contributed by atoms with van der Waals surface area (Å²) in [5, 5.41) is 3.67. The Balaban J connectivity index is 2.02. The second kappa shape index (κ2) is 4.38. The number of nitrogens with zero attached hydrogens (tertiary/aromatic N) is 1. The minimum absolute atomic E-state index is 0.217. The summed E-state index contributed by atoms with van der Waals surface area (Å²) in [6, 6.07) is 0.522. The van der Waals surface area contributed by atoms with Gasteiger partial charge in [0.15, 0.2) is 0 Å². The lowest BCUT2D eigenvalue weighted by Gasteiger charge is -2.35. The van der Waals surface area contributed by atoms with Crippen LogP contribution in [0.4, 0.5) is 4.39 Å². The molecule has 1 aliphatic heterocycles. The van der Waals surface area contributed by atoms with E-state index < -0.39 is 0 Å². The summed E-state index contributed by atoms with van der Waals surface area (Å²) < 4.78 is 12.5. The van der Waals surface area contributed by atoms with Gasteiger partial charge in [0.05, 0.1) is 0 Å². The highest BCUT2D eigenvalue weighted by Gasteiger charge is 2.43. The van der Waals surface area contributed by atoms with Gasteiger partial charge >= 0.3 is 0 Å². The Morgan fingerprint density at radius 2 is 2.13 bits per heavy atom. The first-order valence-electron chi connectivity index (χ1n) is 6.21. The highest BCUT2D eigenvalue weighted by molar-refractivity contribution is 5.01. The Labute approximate surface area is 92.2 Å². The lowest BCUT2D eigenvalue weighted by Crippen LogP contribution is -2.52. The van der Waals surface area contributed by atoms with Gasteiger partial charge in [-0.05, 0) is 45.6 Å². The van der Waals surface area contributed by atoms with Crippen molar-refractivity contribution < 1.29 is 4.39 Å². The van der Waals surface area contributed by atoms with Gasteiger partial charge in [-0.2, -0.15) is 0 Å². The first-order chi connectivity index (χ1) is 7.15. The number of rotatable bonds is 3. The molecule has 0 aromatic carbocycles. The fourth-order valence-electron chi connectivity index (χ4n) is 2.78. The van der Waals surface area contributed by atoms with E-state index in [0.717, 1.165) is 25.4 Å². The normalized spacial score (nSPS) is 39.0. The Morgan fingerprint density at radius 1 is 1.40 bits per heavy atom. The van der Waals surface area contributed by atoms with Crippen LogP contribution in [0.5, 0.6) is 0 Å². The second-order valence-corrected chi connectivity index (χ2v) is 5.42. The quantitative estimate of drug-likeness (QED) is 0.771. The van der Waals surface area contributed by atoms with Gasteiger partial charge in [0.2, 0.25) is 0 Å². The molecule has 0 aromatic rings. The molecule has 88 valence electrons. The molecule has 2 fully saturated rings. The van der Waals surface area contributed by atoms with Gasteiger partial charge in [0, 0.05) is 24.7 Å². The summed E-state index contributed by atoms with van der Waals surface area (Å²) in [5.74, 6) is 0.824. The smallest absolute Gasteiger partial charge is 0.102 e. The molecule has 1 heterocycles. The fourth-order valence-corrected chi connectivity index (χ4v) is 2.78. The van der Waals surface area contributed by atoms with Crippen LogP contribution in [0.1, 0.15) is 33.1 Å². The number of nitrogens with one attached hydrogen (secondary N) is 1. The molecule has 1 saturated carbocycles. The van der Waals surface area contributed by atoms with Crippen molar-refractivity contribution in [1.82, 2.24) is 10.2 Å². The zero-order chi connectivity index (χ0) is 10.9. The number of halogens is 1. The largest absolute Gasteiger partial charge is 0.310 e. The Kier molecular flexibility index (Phi) is 3.31. The van der Waals surface area contributed by atoms with Crippen LogP contribution < -0.4 is 5.32 Å². The molecule has 0 bridgehead atoms. The Morgan fingerprint density at radius 3 is 2.73 bits per heavy atom. The maximum absolute atomic E-state index is 12.5. The first kappa shape index (κ1) is 11.3. The first-order valence-corrected chi connectivity index (χ1v) is 6.21. The molecule has 1 N–H and O–H groups in total. The van der Waals surface area contributed by atoms with E-state index in [0.29, 0.717) is 12.6 Å². The van der Waals surface area contributed by atoms with E-state index >= 15 is 0 Å². The summed E-state index contributed by atoms with van der Waals surface area (Å²) in [6.45, 7) is 7.01. The lowest BCUT2D eigenvalue weighted by atomic mass is 9.95. The van der Waals surface area contributed by atoms with Gasteiger partial charge in [0.1, 0.15) is 6.67 Å². The molecule has 1 saturated heterocycles. The zero-order valence-corrected chi connectivity index (χ0v) is 9.93. The van der Waals surface area contributed by atoms with Crippen molar-refractivity contribution in [2.24, 2.45) is 5.92 Å². The molecule has 0 amide bonds. The van der Waals surface area contributed by atoms with Crippen molar-refractivity contribution in [2.75, 3.05) is 26.3 Å². The topological polar surface area (TPSA) is 15.3 Å². The molecule has 0 aromatic heterocycles. The van der Waals surface area contributed by atoms with Crippen LogP contribution in [0.25, 0.3) is 0 Å². The monoisotopic (exact) mass is 214 g/mol. The number of hydrogen-bond acceptors (Lipinski definition) is 2. The summed E-state index contributed by atoms with van der Waals surface area (Å²) in [6.07, 6.45) is 3.84. The van der Waals surface area contributed by atoms with E-state index in [4.69, 9.17) is 0 Å². The van der Waals surface area contributed by atoms with Crippen LogP contribution in [-0.4, -0.2) is 42.8 Å². The van der Waals surface area contributed by atoms with Crippen LogP contribution in [0.2, 0.25) is 0 Å². The maximum Gasteiger partial charge on any atom is 0.102 e. The summed E-state index contributed by atoms with van der Waals surface area (Å²) in [7, 11) is 0. The predicted molar refractivity (Wildman–Crippen MR) is 60.8 cm³/mol. The molecule has 2 nitrogen and oxygen atoms in total. The average molecular weight is 214 g/mol.